The first-order valence-corrected chi connectivity index (χ1v) is 7.64. The molecular weight excluding hydrogens is 313 g/mol. The van der Waals surface area contributed by atoms with Gasteiger partial charge < -0.3 is 10.3 Å². The number of fused-ring (bicyclic) bond motifs is 1. The van der Waals surface area contributed by atoms with Crippen molar-refractivity contribution in [3.63, 3.8) is 0 Å². The molecule has 2 aromatic rings. The predicted octanol–water partition coefficient (Wildman–Crippen LogP) is 4.86. The maximum absolute atomic E-state index is 6.31. The summed E-state index contributed by atoms with van der Waals surface area (Å²) in [6.45, 7) is 0.918. The van der Waals surface area contributed by atoms with E-state index in [2.05, 4.69) is 15.3 Å². The van der Waals surface area contributed by atoms with Crippen molar-refractivity contribution in [1.29, 1.82) is 0 Å². The Labute approximate surface area is 132 Å². The normalized spacial score (nSPS) is 14.3. The molecule has 0 bridgehead atoms. The first kappa shape index (κ1) is 13.9. The molecule has 1 aromatic carbocycles. The zero-order chi connectivity index (χ0) is 14.1. The Bertz CT molecular complexity index is 712. The highest BCUT2D eigenvalue weighted by Crippen LogP contribution is 2.35. The van der Waals surface area contributed by atoms with E-state index < -0.39 is 0 Å². The molecule has 0 fully saturated rings. The largest absolute Gasteiger partial charge is 0.370 e. The summed E-state index contributed by atoms with van der Waals surface area (Å²) in [4.78, 5) is 7.55. The standard InChI is InChI=1S/C14H13Cl2N3S/c15-8-4-5-11(16)10(7-8)12-9-3-1-2-6-17-13(9)19-14(20)18-12/h4-5,7H,1-3,6H2,(H2,17,18,19,20). The molecule has 2 heterocycles. The van der Waals surface area contributed by atoms with Gasteiger partial charge in [-0.25, -0.2) is 4.98 Å². The molecule has 0 unspecified atom stereocenters. The fraction of sp³-hybridized carbons (Fsp3) is 0.286. The van der Waals surface area contributed by atoms with Crippen LogP contribution in [0, 0.1) is 4.77 Å². The number of benzene rings is 1. The van der Waals surface area contributed by atoms with Gasteiger partial charge in [0.2, 0.25) is 0 Å². The van der Waals surface area contributed by atoms with Crippen molar-refractivity contribution < 1.29 is 0 Å². The van der Waals surface area contributed by atoms with Gasteiger partial charge in [0.05, 0.1) is 5.69 Å². The molecule has 1 aliphatic rings. The average molecular weight is 326 g/mol. The first-order chi connectivity index (χ1) is 9.65. The molecule has 0 atom stereocenters. The Morgan fingerprint density at radius 2 is 2.05 bits per heavy atom. The number of nitrogens with zero attached hydrogens (tertiary/aromatic N) is 1. The predicted molar refractivity (Wildman–Crippen MR) is 86.3 cm³/mol. The molecule has 1 aliphatic heterocycles. The molecule has 0 radical (unpaired) electrons. The number of aromatic amines is 1. The summed E-state index contributed by atoms with van der Waals surface area (Å²) in [7, 11) is 0. The van der Waals surface area contributed by atoms with E-state index in [1.165, 1.54) is 0 Å². The van der Waals surface area contributed by atoms with E-state index >= 15 is 0 Å². The van der Waals surface area contributed by atoms with Crippen molar-refractivity contribution in [2.45, 2.75) is 19.3 Å². The minimum absolute atomic E-state index is 0.448. The Morgan fingerprint density at radius 1 is 1.20 bits per heavy atom. The minimum atomic E-state index is 0.448. The van der Waals surface area contributed by atoms with Crippen LogP contribution in [0.3, 0.4) is 0 Å². The van der Waals surface area contributed by atoms with E-state index in [1.807, 2.05) is 6.07 Å². The molecule has 1 aromatic heterocycles. The van der Waals surface area contributed by atoms with Gasteiger partial charge in [0.25, 0.3) is 0 Å². The quantitative estimate of drug-likeness (QED) is 0.735. The number of aromatic nitrogens is 2. The third-order valence-corrected chi connectivity index (χ3v) is 4.13. The topological polar surface area (TPSA) is 40.7 Å². The summed E-state index contributed by atoms with van der Waals surface area (Å²) in [5.41, 5.74) is 2.91. The summed E-state index contributed by atoms with van der Waals surface area (Å²) < 4.78 is 0.448. The van der Waals surface area contributed by atoms with Crippen molar-refractivity contribution in [1.82, 2.24) is 9.97 Å². The van der Waals surface area contributed by atoms with Crippen LogP contribution in [0.2, 0.25) is 10.0 Å². The maximum atomic E-state index is 6.31. The fourth-order valence-corrected chi connectivity index (χ4v) is 3.02. The number of rotatable bonds is 1. The van der Waals surface area contributed by atoms with Gasteiger partial charge in [0.15, 0.2) is 4.77 Å². The summed E-state index contributed by atoms with van der Waals surface area (Å²) in [6, 6.07) is 5.43. The van der Waals surface area contributed by atoms with E-state index in [-0.39, 0.29) is 0 Å². The van der Waals surface area contributed by atoms with Crippen LogP contribution in [-0.2, 0) is 6.42 Å². The van der Waals surface area contributed by atoms with Gasteiger partial charge >= 0.3 is 0 Å². The molecule has 104 valence electrons. The minimum Gasteiger partial charge on any atom is -0.370 e. The Hall–Kier alpha value is -1.10. The Morgan fingerprint density at radius 3 is 2.90 bits per heavy atom. The second-order valence-electron chi connectivity index (χ2n) is 4.75. The second kappa shape index (κ2) is 5.72. The lowest BCUT2D eigenvalue weighted by Crippen LogP contribution is -2.05. The smallest absolute Gasteiger partial charge is 0.199 e. The zero-order valence-electron chi connectivity index (χ0n) is 10.7. The number of halogens is 2. The number of anilines is 1. The lowest BCUT2D eigenvalue weighted by molar-refractivity contribution is 0.785. The number of hydrogen-bond acceptors (Lipinski definition) is 3. The van der Waals surface area contributed by atoms with Crippen molar-refractivity contribution in [3.05, 3.63) is 38.6 Å². The summed E-state index contributed by atoms with van der Waals surface area (Å²) >= 11 is 17.6. The molecule has 20 heavy (non-hydrogen) atoms. The van der Waals surface area contributed by atoms with Gasteiger partial charge in [-0.3, -0.25) is 0 Å². The van der Waals surface area contributed by atoms with Gasteiger partial charge in [-0.1, -0.05) is 23.2 Å². The SMILES string of the molecule is S=c1nc2c(c(-c3cc(Cl)ccc3Cl)[nH]1)CCCCN2. The molecule has 0 spiro atoms. The van der Waals surface area contributed by atoms with Crippen LogP contribution in [0.1, 0.15) is 18.4 Å². The fourth-order valence-electron chi connectivity index (χ4n) is 2.44. The highest BCUT2D eigenvalue weighted by molar-refractivity contribution is 7.71. The van der Waals surface area contributed by atoms with Crippen molar-refractivity contribution >= 4 is 41.2 Å². The van der Waals surface area contributed by atoms with Crippen LogP contribution >= 0.6 is 35.4 Å². The van der Waals surface area contributed by atoms with E-state index in [0.717, 1.165) is 48.4 Å². The van der Waals surface area contributed by atoms with Gasteiger partial charge in [-0.15, -0.1) is 0 Å². The van der Waals surface area contributed by atoms with Crippen LogP contribution in [0.15, 0.2) is 18.2 Å². The highest BCUT2D eigenvalue weighted by Gasteiger charge is 2.17. The van der Waals surface area contributed by atoms with Crippen LogP contribution in [0.25, 0.3) is 11.3 Å². The third kappa shape index (κ3) is 2.68. The lowest BCUT2D eigenvalue weighted by Gasteiger charge is -2.13. The molecule has 0 amide bonds. The van der Waals surface area contributed by atoms with Crippen LogP contribution in [-0.4, -0.2) is 16.5 Å². The molecular formula is C14H13Cl2N3S. The summed E-state index contributed by atoms with van der Waals surface area (Å²) in [5.74, 6) is 0.859. The molecule has 0 aliphatic carbocycles. The maximum Gasteiger partial charge on any atom is 0.199 e. The average Bonchev–Trinajstić information content (AvgIpc) is 2.66. The van der Waals surface area contributed by atoms with E-state index in [0.29, 0.717) is 14.8 Å². The number of H-pyrrole nitrogens is 1. The summed E-state index contributed by atoms with van der Waals surface area (Å²) in [6.07, 6.45) is 3.17. The number of hydrogen-bond donors (Lipinski definition) is 2. The van der Waals surface area contributed by atoms with Crippen molar-refractivity contribution in [2.75, 3.05) is 11.9 Å². The van der Waals surface area contributed by atoms with E-state index in [1.54, 1.807) is 12.1 Å². The zero-order valence-corrected chi connectivity index (χ0v) is 13.0. The lowest BCUT2D eigenvalue weighted by atomic mass is 10.0. The van der Waals surface area contributed by atoms with Gasteiger partial charge in [0.1, 0.15) is 5.82 Å². The van der Waals surface area contributed by atoms with Crippen molar-refractivity contribution in [3.8, 4) is 11.3 Å². The molecule has 6 heteroatoms. The van der Waals surface area contributed by atoms with Gasteiger partial charge in [-0.05, 0) is 49.7 Å². The van der Waals surface area contributed by atoms with Gasteiger partial charge in [-0.2, -0.15) is 0 Å². The van der Waals surface area contributed by atoms with Gasteiger partial charge in [0, 0.05) is 27.7 Å². The van der Waals surface area contributed by atoms with Crippen LogP contribution < -0.4 is 5.32 Å². The van der Waals surface area contributed by atoms with E-state index in [9.17, 15) is 0 Å². The first-order valence-electron chi connectivity index (χ1n) is 6.47. The monoisotopic (exact) mass is 325 g/mol. The number of nitrogens with one attached hydrogen (secondary N) is 2. The molecule has 0 saturated heterocycles. The van der Waals surface area contributed by atoms with Crippen LogP contribution in [0.4, 0.5) is 5.82 Å². The molecule has 0 saturated carbocycles. The molecule has 3 rings (SSSR count). The molecule has 2 N–H and O–H groups in total. The Kier molecular flexibility index (Phi) is 3.96. The Balaban J connectivity index is 2.25. The third-order valence-electron chi connectivity index (χ3n) is 3.38. The van der Waals surface area contributed by atoms with Crippen molar-refractivity contribution in [2.24, 2.45) is 0 Å². The van der Waals surface area contributed by atoms with Crippen LogP contribution in [0.5, 0.6) is 0 Å². The second-order valence-corrected chi connectivity index (χ2v) is 5.98. The molecule has 3 nitrogen and oxygen atoms in total. The highest BCUT2D eigenvalue weighted by atomic mass is 35.5. The summed E-state index contributed by atoms with van der Waals surface area (Å²) in [5, 5.41) is 4.64. The van der Waals surface area contributed by atoms with E-state index in [4.69, 9.17) is 35.4 Å².